The number of aromatic nitrogens is 2. The van der Waals surface area contributed by atoms with Crippen molar-refractivity contribution in [3.05, 3.63) is 48.0 Å². The fourth-order valence-electron chi connectivity index (χ4n) is 2.21. The van der Waals surface area contributed by atoms with Gasteiger partial charge < -0.3 is 9.30 Å². The van der Waals surface area contributed by atoms with Gasteiger partial charge in [0.25, 0.3) is 0 Å². The highest BCUT2D eigenvalue weighted by molar-refractivity contribution is 5.69. The van der Waals surface area contributed by atoms with Crippen LogP contribution in [0.1, 0.15) is 22.1 Å². The molecule has 0 aliphatic carbocycles. The molecule has 0 N–H and O–H groups in total. The summed E-state index contributed by atoms with van der Waals surface area (Å²) in [5.41, 5.74) is 1.21. The molecule has 0 amide bonds. The summed E-state index contributed by atoms with van der Waals surface area (Å²) in [6, 6.07) is 8.03. The third-order valence-corrected chi connectivity index (χ3v) is 3.07. The summed E-state index contributed by atoms with van der Waals surface area (Å²) in [6.45, 7) is 1.39. The highest BCUT2D eigenvalue weighted by atomic mass is 16.5. The molecule has 0 saturated carbocycles. The summed E-state index contributed by atoms with van der Waals surface area (Å²) < 4.78 is 7.48. The second kappa shape index (κ2) is 4.05. The Balaban J connectivity index is 1.86. The van der Waals surface area contributed by atoms with Gasteiger partial charge in [-0.3, -0.25) is 4.79 Å². The first-order valence-corrected chi connectivity index (χ1v) is 5.56. The van der Waals surface area contributed by atoms with Gasteiger partial charge in [-0.05, 0) is 6.07 Å². The van der Waals surface area contributed by atoms with Crippen molar-refractivity contribution in [1.82, 2.24) is 9.55 Å². The molecule has 0 bridgehead atoms. The second-order valence-electron chi connectivity index (χ2n) is 4.10. The van der Waals surface area contributed by atoms with Crippen LogP contribution < -0.4 is 4.74 Å². The molecule has 0 fully saturated rings. The van der Waals surface area contributed by atoms with Crippen LogP contribution in [0.15, 0.2) is 36.7 Å². The zero-order valence-corrected chi connectivity index (χ0v) is 9.24. The minimum Gasteiger partial charge on any atom is -0.493 e. The van der Waals surface area contributed by atoms with Gasteiger partial charge in [-0.15, -0.1) is 0 Å². The molecule has 1 unspecified atom stereocenters. The zero-order valence-electron chi connectivity index (χ0n) is 9.24. The molecule has 0 saturated heterocycles. The molecule has 1 aliphatic rings. The van der Waals surface area contributed by atoms with Gasteiger partial charge in [0.1, 0.15) is 5.75 Å². The average molecular weight is 228 g/mol. The molecule has 1 aliphatic heterocycles. The van der Waals surface area contributed by atoms with Crippen molar-refractivity contribution in [2.45, 2.75) is 12.5 Å². The van der Waals surface area contributed by atoms with E-state index in [0.29, 0.717) is 18.3 Å². The monoisotopic (exact) mass is 228 g/mol. The number of para-hydroxylation sites is 1. The number of hydrogen-bond donors (Lipinski definition) is 0. The Kier molecular flexibility index (Phi) is 2.40. The third kappa shape index (κ3) is 1.71. The van der Waals surface area contributed by atoms with E-state index in [0.717, 1.165) is 18.6 Å². The number of rotatable bonds is 3. The van der Waals surface area contributed by atoms with E-state index in [1.165, 1.54) is 5.56 Å². The van der Waals surface area contributed by atoms with Crippen LogP contribution in [-0.2, 0) is 6.54 Å². The average Bonchev–Trinajstić information content (AvgIpc) is 2.97. The number of nitrogens with zero attached hydrogens (tertiary/aromatic N) is 2. The smallest absolute Gasteiger partial charge is 0.185 e. The molecule has 1 atom stereocenters. The minimum atomic E-state index is 0.291. The van der Waals surface area contributed by atoms with Gasteiger partial charge in [-0.25, -0.2) is 4.98 Å². The number of hydrogen-bond acceptors (Lipinski definition) is 3. The molecule has 4 nitrogen and oxygen atoms in total. The SMILES string of the molecule is O=Cc1nccn1CC1COc2ccccc21. The van der Waals surface area contributed by atoms with Gasteiger partial charge in [0.15, 0.2) is 12.1 Å². The molecule has 4 heteroatoms. The third-order valence-electron chi connectivity index (χ3n) is 3.07. The van der Waals surface area contributed by atoms with E-state index in [1.54, 1.807) is 6.20 Å². The maximum Gasteiger partial charge on any atom is 0.185 e. The molecular formula is C13H12N2O2. The van der Waals surface area contributed by atoms with Crippen LogP contribution in [-0.4, -0.2) is 22.4 Å². The summed E-state index contributed by atoms with van der Waals surface area (Å²) >= 11 is 0. The lowest BCUT2D eigenvalue weighted by molar-refractivity contribution is 0.111. The Morgan fingerprint density at radius 3 is 3.24 bits per heavy atom. The zero-order chi connectivity index (χ0) is 11.7. The molecule has 2 heterocycles. The number of fused-ring (bicyclic) bond motifs is 1. The Morgan fingerprint density at radius 1 is 1.47 bits per heavy atom. The maximum absolute atomic E-state index is 10.8. The van der Waals surface area contributed by atoms with Crippen molar-refractivity contribution in [3.8, 4) is 5.75 Å². The van der Waals surface area contributed by atoms with Crippen LogP contribution >= 0.6 is 0 Å². The van der Waals surface area contributed by atoms with Crippen LogP contribution in [0.2, 0.25) is 0 Å². The molecular weight excluding hydrogens is 216 g/mol. The maximum atomic E-state index is 10.8. The molecule has 1 aromatic heterocycles. The van der Waals surface area contributed by atoms with Crippen LogP contribution in [0.4, 0.5) is 0 Å². The number of ether oxygens (including phenoxy) is 1. The number of carbonyl (C=O) groups is 1. The Hall–Kier alpha value is -2.10. The standard InChI is InChI=1S/C13H12N2O2/c16-8-13-14-5-6-15(13)7-10-9-17-12-4-2-1-3-11(10)12/h1-6,8,10H,7,9H2. The molecule has 17 heavy (non-hydrogen) atoms. The van der Waals surface area contributed by atoms with Crippen LogP contribution in [0.3, 0.4) is 0 Å². The Labute approximate surface area is 98.9 Å². The fraction of sp³-hybridized carbons (Fsp3) is 0.231. The van der Waals surface area contributed by atoms with Crippen molar-refractivity contribution >= 4 is 6.29 Å². The largest absolute Gasteiger partial charge is 0.493 e. The summed E-state index contributed by atoms with van der Waals surface area (Å²) in [5, 5.41) is 0. The topological polar surface area (TPSA) is 44.1 Å². The molecule has 1 aromatic carbocycles. The predicted molar refractivity (Wildman–Crippen MR) is 62.3 cm³/mol. The molecule has 3 rings (SSSR count). The summed E-state index contributed by atoms with van der Waals surface area (Å²) in [5.74, 6) is 1.71. The number of benzene rings is 1. The molecule has 2 aromatic rings. The van der Waals surface area contributed by atoms with E-state index in [2.05, 4.69) is 11.1 Å². The van der Waals surface area contributed by atoms with Gasteiger partial charge in [0, 0.05) is 30.4 Å². The number of carbonyl (C=O) groups excluding carboxylic acids is 1. The van der Waals surface area contributed by atoms with Crippen molar-refractivity contribution in [1.29, 1.82) is 0 Å². The lowest BCUT2D eigenvalue weighted by Crippen LogP contribution is -2.12. The van der Waals surface area contributed by atoms with E-state index < -0.39 is 0 Å². The van der Waals surface area contributed by atoms with Crippen molar-refractivity contribution < 1.29 is 9.53 Å². The van der Waals surface area contributed by atoms with Gasteiger partial charge in [0.05, 0.1) is 6.61 Å². The van der Waals surface area contributed by atoms with Gasteiger partial charge in [0.2, 0.25) is 0 Å². The van der Waals surface area contributed by atoms with Gasteiger partial charge in [-0.2, -0.15) is 0 Å². The normalized spacial score (nSPS) is 17.5. The van der Waals surface area contributed by atoms with Gasteiger partial charge in [-0.1, -0.05) is 18.2 Å². The van der Waals surface area contributed by atoms with Crippen LogP contribution in [0, 0.1) is 0 Å². The lowest BCUT2D eigenvalue weighted by atomic mass is 10.0. The highest BCUT2D eigenvalue weighted by Crippen LogP contribution is 2.34. The number of imidazole rings is 1. The van der Waals surface area contributed by atoms with E-state index >= 15 is 0 Å². The fourth-order valence-corrected chi connectivity index (χ4v) is 2.21. The Morgan fingerprint density at radius 2 is 2.35 bits per heavy atom. The first kappa shape index (κ1) is 10.1. The van der Waals surface area contributed by atoms with E-state index in [1.807, 2.05) is 29.0 Å². The summed E-state index contributed by atoms with van der Waals surface area (Å²) in [4.78, 5) is 14.8. The molecule has 0 radical (unpaired) electrons. The lowest BCUT2D eigenvalue weighted by Gasteiger charge is -2.10. The highest BCUT2D eigenvalue weighted by Gasteiger charge is 2.24. The van der Waals surface area contributed by atoms with E-state index in [-0.39, 0.29) is 0 Å². The van der Waals surface area contributed by atoms with Crippen LogP contribution in [0.5, 0.6) is 5.75 Å². The van der Waals surface area contributed by atoms with Crippen molar-refractivity contribution in [3.63, 3.8) is 0 Å². The van der Waals surface area contributed by atoms with E-state index in [9.17, 15) is 4.79 Å². The Bertz CT molecular complexity index is 548. The first-order valence-electron chi connectivity index (χ1n) is 5.56. The summed E-state index contributed by atoms with van der Waals surface area (Å²) in [6.07, 6.45) is 4.25. The van der Waals surface area contributed by atoms with Crippen molar-refractivity contribution in [2.24, 2.45) is 0 Å². The van der Waals surface area contributed by atoms with Crippen LogP contribution in [0.25, 0.3) is 0 Å². The van der Waals surface area contributed by atoms with E-state index in [4.69, 9.17) is 4.74 Å². The summed E-state index contributed by atoms with van der Waals surface area (Å²) in [7, 11) is 0. The quantitative estimate of drug-likeness (QED) is 0.753. The molecule has 0 spiro atoms. The number of aldehydes is 1. The first-order chi connectivity index (χ1) is 8.38. The van der Waals surface area contributed by atoms with Crippen molar-refractivity contribution in [2.75, 3.05) is 6.61 Å². The predicted octanol–water partition coefficient (Wildman–Crippen LogP) is 1.87. The minimum absolute atomic E-state index is 0.291. The molecule has 86 valence electrons. The second-order valence-corrected chi connectivity index (χ2v) is 4.10. The van der Waals surface area contributed by atoms with Gasteiger partial charge >= 0.3 is 0 Å².